The van der Waals surface area contributed by atoms with E-state index in [1.807, 2.05) is 0 Å². The van der Waals surface area contributed by atoms with Crippen LogP contribution in [0.2, 0.25) is 0 Å². The third-order valence-electron chi connectivity index (χ3n) is 4.47. The maximum Gasteiger partial charge on any atom is 0.255 e. The van der Waals surface area contributed by atoms with Gasteiger partial charge in [-0.15, -0.1) is 0 Å². The molecule has 1 heterocycles. The van der Waals surface area contributed by atoms with Gasteiger partial charge in [0.05, 0.1) is 30.8 Å². The van der Waals surface area contributed by atoms with E-state index in [-0.39, 0.29) is 35.8 Å². The van der Waals surface area contributed by atoms with E-state index in [2.05, 4.69) is 21.2 Å². The van der Waals surface area contributed by atoms with Crippen molar-refractivity contribution < 1.29 is 27.1 Å². The molecule has 0 aromatic heterocycles. The standard InChI is InChI=1S/C19H20BrFN2O5S/c1-27-18-5-3-15(29(25,26)23-6-8-28-9-7-23)11-16(18)19(24)22-12-13-10-14(21)2-4-17(13)20/h2-5,10-11H,6-9,12H2,1H3,(H,22,24). The van der Waals surface area contributed by atoms with Crippen molar-refractivity contribution in [2.24, 2.45) is 0 Å². The highest BCUT2D eigenvalue weighted by Gasteiger charge is 2.28. The summed E-state index contributed by atoms with van der Waals surface area (Å²) in [4.78, 5) is 12.7. The van der Waals surface area contributed by atoms with Gasteiger partial charge in [-0.3, -0.25) is 4.79 Å². The molecule has 0 unspecified atom stereocenters. The summed E-state index contributed by atoms with van der Waals surface area (Å²) in [6, 6.07) is 8.30. The molecule has 3 rings (SSSR count). The van der Waals surface area contributed by atoms with E-state index < -0.39 is 21.7 Å². The molecule has 0 radical (unpaired) electrons. The monoisotopic (exact) mass is 486 g/mol. The highest BCUT2D eigenvalue weighted by Crippen LogP contribution is 2.25. The predicted octanol–water partition coefficient (Wildman–Crippen LogP) is 2.55. The molecule has 2 aromatic carbocycles. The van der Waals surface area contributed by atoms with Crippen LogP contribution in [0.1, 0.15) is 15.9 Å². The van der Waals surface area contributed by atoms with E-state index in [0.717, 1.165) is 0 Å². The third kappa shape index (κ3) is 4.95. The van der Waals surface area contributed by atoms with Crippen molar-refractivity contribution in [2.75, 3.05) is 33.4 Å². The second-order valence-electron chi connectivity index (χ2n) is 6.30. The number of rotatable bonds is 6. The van der Waals surface area contributed by atoms with E-state index in [1.165, 1.54) is 41.7 Å². The molecule has 1 aliphatic heterocycles. The Hall–Kier alpha value is -2.01. The number of hydrogen-bond donors (Lipinski definition) is 1. The molecule has 1 amide bonds. The number of morpholine rings is 1. The van der Waals surface area contributed by atoms with Gasteiger partial charge in [0, 0.05) is 24.1 Å². The van der Waals surface area contributed by atoms with Crippen molar-refractivity contribution >= 4 is 31.9 Å². The van der Waals surface area contributed by atoms with Gasteiger partial charge in [0.15, 0.2) is 0 Å². The zero-order chi connectivity index (χ0) is 21.0. The molecular weight excluding hydrogens is 467 g/mol. The lowest BCUT2D eigenvalue weighted by Gasteiger charge is -2.26. The largest absolute Gasteiger partial charge is 0.496 e. The van der Waals surface area contributed by atoms with Gasteiger partial charge in [0.1, 0.15) is 11.6 Å². The van der Waals surface area contributed by atoms with Crippen molar-refractivity contribution in [1.29, 1.82) is 0 Å². The summed E-state index contributed by atoms with van der Waals surface area (Å²) < 4.78 is 51.6. The van der Waals surface area contributed by atoms with Crippen molar-refractivity contribution in [3.63, 3.8) is 0 Å². The van der Waals surface area contributed by atoms with Gasteiger partial charge in [-0.25, -0.2) is 12.8 Å². The van der Waals surface area contributed by atoms with Crippen LogP contribution in [0, 0.1) is 5.82 Å². The Labute approximate surface area is 177 Å². The van der Waals surface area contributed by atoms with Crippen molar-refractivity contribution in [3.05, 3.63) is 57.8 Å². The minimum Gasteiger partial charge on any atom is -0.496 e. The molecule has 1 fully saturated rings. The number of methoxy groups -OCH3 is 1. The number of ether oxygens (including phenoxy) is 2. The number of halogens is 2. The normalized spacial score (nSPS) is 15.1. The summed E-state index contributed by atoms with van der Waals surface area (Å²) in [6.45, 7) is 1.21. The minimum atomic E-state index is -3.76. The highest BCUT2D eigenvalue weighted by molar-refractivity contribution is 9.10. The van der Waals surface area contributed by atoms with Gasteiger partial charge in [-0.05, 0) is 42.0 Å². The number of carbonyl (C=O) groups excluding carboxylic acids is 1. The predicted molar refractivity (Wildman–Crippen MR) is 108 cm³/mol. The summed E-state index contributed by atoms with van der Waals surface area (Å²) in [5.41, 5.74) is 0.628. The van der Waals surface area contributed by atoms with Gasteiger partial charge in [0.25, 0.3) is 5.91 Å². The van der Waals surface area contributed by atoms with Gasteiger partial charge in [0.2, 0.25) is 10.0 Å². The van der Waals surface area contributed by atoms with Crippen LogP contribution in [-0.2, 0) is 21.3 Å². The number of carbonyl (C=O) groups is 1. The molecule has 0 atom stereocenters. The first-order chi connectivity index (χ1) is 13.8. The molecule has 0 saturated carbocycles. The molecule has 0 spiro atoms. The van der Waals surface area contributed by atoms with Crippen LogP contribution in [-0.4, -0.2) is 52.0 Å². The van der Waals surface area contributed by atoms with E-state index in [0.29, 0.717) is 23.2 Å². The van der Waals surface area contributed by atoms with E-state index >= 15 is 0 Å². The number of hydrogen-bond acceptors (Lipinski definition) is 5. The van der Waals surface area contributed by atoms with Crippen LogP contribution in [0.4, 0.5) is 4.39 Å². The quantitative estimate of drug-likeness (QED) is 0.677. The van der Waals surface area contributed by atoms with E-state index in [4.69, 9.17) is 9.47 Å². The van der Waals surface area contributed by atoms with Crippen LogP contribution >= 0.6 is 15.9 Å². The Kier molecular flexibility index (Phi) is 6.89. The Morgan fingerprint density at radius 3 is 2.66 bits per heavy atom. The van der Waals surface area contributed by atoms with E-state index in [1.54, 1.807) is 6.07 Å². The van der Waals surface area contributed by atoms with Crippen LogP contribution in [0.15, 0.2) is 45.8 Å². The molecule has 7 nitrogen and oxygen atoms in total. The molecule has 10 heteroatoms. The van der Waals surface area contributed by atoms with Gasteiger partial charge in [-0.2, -0.15) is 4.31 Å². The van der Waals surface area contributed by atoms with Crippen LogP contribution in [0.25, 0.3) is 0 Å². The van der Waals surface area contributed by atoms with Gasteiger partial charge < -0.3 is 14.8 Å². The SMILES string of the molecule is COc1ccc(S(=O)(=O)N2CCOCC2)cc1C(=O)NCc1cc(F)ccc1Br. The second kappa shape index (κ2) is 9.21. The average Bonchev–Trinajstić information content (AvgIpc) is 2.74. The fourth-order valence-corrected chi connectivity index (χ4v) is 4.73. The zero-order valence-corrected chi connectivity index (χ0v) is 18.1. The zero-order valence-electron chi connectivity index (χ0n) is 15.7. The van der Waals surface area contributed by atoms with Crippen LogP contribution < -0.4 is 10.1 Å². The number of nitrogens with one attached hydrogen (secondary N) is 1. The molecule has 1 aliphatic rings. The fourth-order valence-electron chi connectivity index (χ4n) is 2.91. The smallest absolute Gasteiger partial charge is 0.255 e. The third-order valence-corrected chi connectivity index (χ3v) is 7.14. The summed E-state index contributed by atoms with van der Waals surface area (Å²) in [6.07, 6.45) is 0. The van der Waals surface area contributed by atoms with E-state index in [9.17, 15) is 17.6 Å². The first kappa shape index (κ1) is 21.7. The Balaban J connectivity index is 1.84. The van der Waals surface area contributed by atoms with Crippen molar-refractivity contribution in [2.45, 2.75) is 11.4 Å². The molecule has 1 N–H and O–H groups in total. The lowest BCUT2D eigenvalue weighted by Crippen LogP contribution is -2.40. The molecule has 0 bridgehead atoms. The van der Waals surface area contributed by atoms with Crippen molar-refractivity contribution in [1.82, 2.24) is 9.62 Å². The summed E-state index contributed by atoms with van der Waals surface area (Å²) in [7, 11) is -2.37. The average molecular weight is 487 g/mol. The first-order valence-electron chi connectivity index (χ1n) is 8.81. The van der Waals surface area contributed by atoms with Crippen LogP contribution in [0.5, 0.6) is 5.75 Å². The summed E-state index contributed by atoms with van der Waals surface area (Å²) >= 11 is 3.31. The summed E-state index contributed by atoms with van der Waals surface area (Å²) in [5, 5.41) is 2.67. The fraction of sp³-hybridized carbons (Fsp3) is 0.316. The van der Waals surface area contributed by atoms with Crippen LogP contribution in [0.3, 0.4) is 0 Å². The lowest BCUT2D eigenvalue weighted by molar-refractivity contribution is 0.0730. The Bertz CT molecular complexity index is 1010. The second-order valence-corrected chi connectivity index (χ2v) is 9.09. The van der Waals surface area contributed by atoms with Crippen molar-refractivity contribution in [3.8, 4) is 5.75 Å². The Morgan fingerprint density at radius 2 is 1.97 bits per heavy atom. The molecule has 2 aromatic rings. The van der Waals surface area contributed by atoms with Gasteiger partial charge >= 0.3 is 0 Å². The number of sulfonamides is 1. The number of nitrogens with zero attached hydrogens (tertiary/aromatic N) is 1. The summed E-state index contributed by atoms with van der Waals surface area (Å²) in [5.74, 6) is -0.715. The van der Waals surface area contributed by atoms with Gasteiger partial charge in [-0.1, -0.05) is 15.9 Å². The highest BCUT2D eigenvalue weighted by atomic mass is 79.9. The maximum absolute atomic E-state index is 13.4. The minimum absolute atomic E-state index is 0.00251. The topological polar surface area (TPSA) is 84.9 Å². The molecule has 1 saturated heterocycles. The Morgan fingerprint density at radius 1 is 1.24 bits per heavy atom. The molecule has 156 valence electrons. The maximum atomic E-state index is 13.4. The first-order valence-corrected chi connectivity index (χ1v) is 11.0. The molecule has 0 aliphatic carbocycles. The lowest BCUT2D eigenvalue weighted by atomic mass is 10.1. The molecule has 29 heavy (non-hydrogen) atoms. The number of amides is 1. The number of benzene rings is 2. The molecular formula is C19H20BrFN2O5S.